The molecule has 0 bridgehead atoms. The molecule has 7 nitrogen and oxygen atoms in total. The average molecular weight is 222 g/mol. The van der Waals surface area contributed by atoms with Crippen LogP contribution >= 0.6 is 0 Å². The van der Waals surface area contributed by atoms with Gasteiger partial charge in [-0.25, -0.2) is 0 Å². The third-order valence-corrected chi connectivity index (χ3v) is 2.43. The highest BCUT2D eigenvalue weighted by Crippen LogP contribution is 2.17. The zero-order chi connectivity index (χ0) is 11.4. The van der Waals surface area contributed by atoms with Gasteiger partial charge >= 0.3 is 0 Å². The van der Waals surface area contributed by atoms with Crippen LogP contribution in [0.15, 0.2) is 0 Å². The maximum atomic E-state index is 9.55. The molecule has 0 aromatic rings. The van der Waals surface area contributed by atoms with Crippen LogP contribution in [0.25, 0.3) is 0 Å². The second kappa shape index (κ2) is 5.71. The summed E-state index contributed by atoms with van der Waals surface area (Å²) >= 11 is 0. The van der Waals surface area contributed by atoms with Crippen molar-refractivity contribution in [1.82, 2.24) is 5.32 Å². The van der Waals surface area contributed by atoms with Gasteiger partial charge in [-0.3, -0.25) is 5.32 Å². The maximum Gasteiger partial charge on any atom is 0.126 e. The van der Waals surface area contributed by atoms with Crippen LogP contribution in [0.1, 0.15) is 0 Å². The number of hydrogen-bond acceptors (Lipinski definition) is 7. The highest BCUT2D eigenvalue weighted by Gasteiger charge is 2.41. The summed E-state index contributed by atoms with van der Waals surface area (Å²) < 4.78 is 5.23. The van der Waals surface area contributed by atoms with Crippen LogP contribution in [0.5, 0.6) is 0 Å². The monoisotopic (exact) mass is 222 g/mol. The van der Waals surface area contributed by atoms with Crippen LogP contribution in [0.2, 0.25) is 0 Å². The fourth-order valence-electron chi connectivity index (χ4n) is 1.53. The highest BCUT2D eigenvalue weighted by molar-refractivity contribution is 4.93. The number of ether oxygens (including phenoxy) is 1. The van der Waals surface area contributed by atoms with Crippen molar-refractivity contribution in [3.63, 3.8) is 0 Å². The summed E-state index contributed by atoms with van der Waals surface area (Å²) in [4.78, 5) is 0. The first-order valence-corrected chi connectivity index (χ1v) is 4.84. The van der Waals surface area contributed by atoms with E-state index < -0.39 is 37.2 Å². The smallest absolute Gasteiger partial charge is 0.126 e. The van der Waals surface area contributed by atoms with E-state index in [1.807, 2.05) is 0 Å². The molecule has 0 aliphatic carbocycles. The first-order chi connectivity index (χ1) is 7.11. The Hall–Kier alpha value is -0.280. The molecule has 1 aliphatic rings. The van der Waals surface area contributed by atoms with Crippen molar-refractivity contribution in [1.29, 1.82) is 0 Å². The minimum absolute atomic E-state index is 0.0883. The molecule has 1 fully saturated rings. The number of aliphatic hydroxyl groups excluding tert-OH is 4. The molecule has 0 aromatic carbocycles. The van der Waals surface area contributed by atoms with Gasteiger partial charge in [-0.1, -0.05) is 0 Å². The molecule has 0 radical (unpaired) electrons. The number of nitrogens with two attached hydrogens (primary N) is 1. The van der Waals surface area contributed by atoms with Gasteiger partial charge in [0, 0.05) is 6.54 Å². The normalized spacial score (nSPS) is 41.8. The average Bonchev–Trinajstić information content (AvgIpc) is 2.25. The van der Waals surface area contributed by atoms with Crippen molar-refractivity contribution in [3.8, 4) is 0 Å². The van der Waals surface area contributed by atoms with Gasteiger partial charge < -0.3 is 30.9 Å². The van der Waals surface area contributed by atoms with E-state index in [9.17, 15) is 10.2 Å². The van der Waals surface area contributed by atoms with E-state index in [1.54, 1.807) is 0 Å². The molecule has 5 unspecified atom stereocenters. The Balaban J connectivity index is 2.57. The molecule has 1 aliphatic heterocycles. The third kappa shape index (κ3) is 2.85. The summed E-state index contributed by atoms with van der Waals surface area (Å²) in [6, 6.07) is -0.797. The molecule has 5 atom stereocenters. The Morgan fingerprint density at radius 3 is 2.40 bits per heavy atom. The lowest BCUT2D eigenvalue weighted by molar-refractivity contribution is -0.196. The fraction of sp³-hybridized carbons (Fsp3) is 1.00. The molecule has 0 spiro atoms. The van der Waals surface area contributed by atoms with Gasteiger partial charge in [-0.15, -0.1) is 0 Å². The van der Waals surface area contributed by atoms with E-state index in [-0.39, 0.29) is 13.2 Å². The lowest BCUT2D eigenvalue weighted by atomic mass is 9.97. The molecule has 0 aromatic heterocycles. The van der Waals surface area contributed by atoms with E-state index in [2.05, 4.69) is 5.32 Å². The van der Waals surface area contributed by atoms with Crippen molar-refractivity contribution in [2.75, 3.05) is 19.8 Å². The van der Waals surface area contributed by atoms with Crippen molar-refractivity contribution < 1.29 is 25.2 Å². The van der Waals surface area contributed by atoms with Gasteiger partial charge in [0.25, 0.3) is 0 Å². The molecule has 90 valence electrons. The SMILES string of the molecule is NC1C(NCCO)OC(CO)C(O)C1O. The number of aliphatic hydroxyl groups is 4. The topological polar surface area (TPSA) is 128 Å². The predicted octanol–water partition coefficient (Wildman–Crippen LogP) is -3.67. The highest BCUT2D eigenvalue weighted by atomic mass is 16.5. The fourth-order valence-corrected chi connectivity index (χ4v) is 1.53. The molecule has 0 amide bonds. The number of rotatable bonds is 4. The van der Waals surface area contributed by atoms with Crippen molar-refractivity contribution in [2.24, 2.45) is 5.73 Å². The summed E-state index contributed by atoms with van der Waals surface area (Å²) in [5.74, 6) is 0. The van der Waals surface area contributed by atoms with Crippen molar-refractivity contribution >= 4 is 0 Å². The van der Waals surface area contributed by atoms with Crippen molar-refractivity contribution in [2.45, 2.75) is 30.6 Å². The Morgan fingerprint density at radius 2 is 1.87 bits per heavy atom. The van der Waals surface area contributed by atoms with E-state index >= 15 is 0 Å². The molecule has 1 saturated heterocycles. The van der Waals surface area contributed by atoms with Gasteiger partial charge in [-0.2, -0.15) is 0 Å². The molecular weight excluding hydrogens is 204 g/mol. The molecule has 1 rings (SSSR count). The summed E-state index contributed by atoms with van der Waals surface area (Å²) in [5, 5.41) is 39.3. The predicted molar refractivity (Wildman–Crippen MR) is 50.8 cm³/mol. The quantitative estimate of drug-likeness (QED) is 0.289. The van der Waals surface area contributed by atoms with Crippen LogP contribution < -0.4 is 11.1 Å². The first-order valence-electron chi connectivity index (χ1n) is 4.84. The zero-order valence-electron chi connectivity index (χ0n) is 8.28. The summed E-state index contributed by atoms with van der Waals surface area (Å²) in [5.41, 5.74) is 5.61. The van der Waals surface area contributed by atoms with Crippen LogP contribution in [-0.2, 0) is 4.74 Å². The van der Waals surface area contributed by atoms with Crippen LogP contribution in [0.4, 0.5) is 0 Å². The Bertz CT molecular complexity index is 192. The Kier molecular flexibility index (Phi) is 4.87. The van der Waals surface area contributed by atoms with Crippen molar-refractivity contribution in [3.05, 3.63) is 0 Å². The Labute approximate surface area is 87.5 Å². The largest absolute Gasteiger partial charge is 0.395 e. The van der Waals surface area contributed by atoms with Crippen LogP contribution in [0, 0.1) is 0 Å². The second-order valence-corrected chi connectivity index (χ2v) is 3.51. The number of nitrogens with one attached hydrogen (secondary N) is 1. The molecular formula is C8H18N2O5. The van der Waals surface area contributed by atoms with Gasteiger partial charge in [0.1, 0.15) is 24.5 Å². The van der Waals surface area contributed by atoms with Gasteiger partial charge in [0.05, 0.1) is 19.3 Å². The maximum absolute atomic E-state index is 9.55. The summed E-state index contributed by atoms with van der Waals surface area (Å²) in [7, 11) is 0. The van der Waals surface area contributed by atoms with E-state index in [0.717, 1.165) is 0 Å². The lowest BCUT2D eigenvalue weighted by Crippen LogP contribution is -2.65. The van der Waals surface area contributed by atoms with Crippen LogP contribution in [0.3, 0.4) is 0 Å². The van der Waals surface area contributed by atoms with Crippen LogP contribution in [-0.4, -0.2) is 70.8 Å². The third-order valence-electron chi connectivity index (χ3n) is 2.43. The van der Waals surface area contributed by atoms with Gasteiger partial charge in [0.2, 0.25) is 0 Å². The van der Waals surface area contributed by atoms with E-state index in [1.165, 1.54) is 0 Å². The molecule has 15 heavy (non-hydrogen) atoms. The minimum Gasteiger partial charge on any atom is -0.395 e. The lowest BCUT2D eigenvalue weighted by Gasteiger charge is -2.41. The standard InChI is InChI=1S/C8H18N2O5/c9-5-7(14)6(13)4(3-12)15-8(5)10-1-2-11/h4-8,10-14H,1-3,9H2. The number of hydrogen-bond donors (Lipinski definition) is 6. The second-order valence-electron chi connectivity index (χ2n) is 3.51. The summed E-state index contributed by atoms with van der Waals surface area (Å²) in [6.45, 7) is -0.226. The molecule has 7 heteroatoms. The molecule has 0 saturated carbocycles. The van der Waals surface area contributed by atoms with Gasteiger partial charge in [0.15, 0.2) is 0 Å². The minimum atomic E-state index is -1.20. The zero-order valence-corrected chi connectivity index (χ0v) is 8.28. The molecule has 1 heterocycles. The van der Waals surface area contributed by atoms with Gasteiger partial charge in [-0.05, 0) is 0 Å². The Morgan fingerprint density at radius 1 is 1.20 bits per heavy atom. The molecule has 7 N–H and O–H groups in total. The summed E-state index contributed by atoms with van der Waals surface area (Å²) in [6.07, 6.45) is -3.91. The van der Waals surface area contributed by atoms with E-state index in [4.69, 9.17) is 20.7 Å². The van der Waals surface area contributed by atoms with E-state index in [0.29, 0.717) is 0 Å². The first kappa shape index (κ1) is 12.8.